The molecule has 8 heteroatoms. The van der Waals surface area contributed by atoms with Crippen molar-refractivity contribution in [1.82, 2.24) is 15.5 Å². The van der Waals surface area contributed by atoms with Crippen LogP contribution in [0.2, 0.25) is 0 Å². The Kier molecular flexibility index (Phi) is 9.71. The second kappa shape index (κ2) is 13.4. The normalized spacial score (nSPS) is 12.8. The Balaban J connectivity index is 1.44. The highest BCUT2D eigenvalue weighted by molar-refractivity contribution is 7.99. The Morgan fingerprint density at radius 1 is 0.919 bits per heavy atom. The average molecular weight is 521 g/mol. The number of nitrogens with one attached hydrogen (secondary N) is 2. The number of nitrogens with zero attached hydrogens (tertiary/aromatic N) is 2. The van der Waals surface area contributed by atoms with E-state index in [1.807, 2.05) is 48.3 Å². The van der Waals surface area contributed by atoms with Crippen molar-refractivity contribution in [3.8, 4) is 0 Å². The third kappa shape index (κ3) is 7.89. The van der Waals surface area contributed by atoms with Gasteiger partial charge < -0.3 is 15.5 Å². The molecule has 194 valence electrons. The van der Waals surface area contributed by atoms with E-state index in [1.165, 1.54) is 35.0 Å². The van der Waals surface area contributed by atoms with E-state index in [9.17, 15) is 14.0 Å². The minimum Gasteiger partial charge on any atom is -0.354 e. The van der Waals surface area contributed by atoms with E-state index in [-0.39, 0.29) is 30.6 Å². The van der Waals surface area contributed by atoms with E-state index in [0.29, 0.717) is 26.1 Å². The van der Waals surface area contributed by atoms with Gasteiger partial charge in [0.25, 0.3) is 0 Å². The Morgan fingerprint density at radius 3 is 2.30 bits per heavy atom. The molecule has 1 aliphatic heterocycles. The molecule has 0 aromatic heterocycles. The quantitative estimate of drug-likeness (QED) is 0.331. The number of likely N-dealkylation sites (N-methyl/N-ethyl adjacent to an activating group) is 1. The monoisotopic (exact) mass is 520 g/mol. The van der Waals surface area contributed by atoms with Crippen molar-refractivity contribution in [2.75, 3.05) is 44.7 Å². The second-order valence-electron chi connectivity index (χ2n) is 9.10. The summed E-state index contributed by atoms with van der Waals surface area (Å²) in [6, 6.07) is 22.4. The van der Waals surface area contributed by atoms with Gasteiger partial charge in [-0.25, -0.2) is 4.39 Å². The van der Waals surface area contributed by atoms with Gasteiger partial charge in [-0.15, -0.1) is 0 Å². The highest BCUT2D eigenvalue weighted by Crippen LogP contribution is 2.35. The van der Waals surface area contributed by atoms with Crippen LogP contribution in [0.25, 0.3) is 0 Å². The zero-order chi connectivity index (χ0) is 26.0. The summed E-state index contributed by atoms with van der Waals surface area (Å²) in [6.07, 6.45) is 0.416. The maximum absolute atomic E-state index is 13.4. The highest BCUT2D eigenvalue weighted by Gasteiger charge is 2.21. The molecule has 37 heavy (non-hydrogen) atoms. The number of Topliss-reactive ketones (excluding diaryl/α,β-unsaturated/α-hetero) is 1. The molecule has 3 aromatic rings. The molecule has 0 aliphatic carbocycles. The lowest BCUT2D eigenvalue weighted by molar-refractivity contribution is -0.120. The molecule has 2 N–H and O–H groups in total. The smallest absolute Gasteiger partial charge is 0.239 e. The molecule has 0 saturated carbocycles. The Bertz CT molecular complexity index is 1180. The summed E-state index contributed by atoms with van der Waals surface area (Å²) < 4.78 is 13.4. The van der Waals surface area contributed by atoms with Crippen LogP contribution in [0.4, 0.5) is 10.1 Å². The predicted molar refractivity (Wildman–Crippen MR) is 146 cm³/mol. The number of anilines is 1. The number of para-hydroxylation sites is 1. The lowest BCUT2D eigenvalue weighted by Crippen LogP contribution is -2.42. The largest absolute Gasteiger partial charge is 0.354 e. The van der Waals surface area contributed by atoms with E-state index in [0.717, 1.165) is 28.6 Å². The van der Waals surface area contributed by atoms with Crippen molar-refractivity contribution >= 4 is 29.1 Å². The summed E-state index contributed by atoms with van der Waals surface area (Å²) in [4.78, 5) is 31.8. The van der Waals surface area contributed by atoms with Gasteiger partial charge in [0.05, 0.1) is 18.8 Å². The number of amides is 1. The molecule has 0 saturated heterocycles. The summed E-state index contributed by atoms with van der Waals surface area (Å²) in [5.74, 6) is -0.343. The maximum Gasteiger partial charge on any atom is 0.239 e. The van der Waals surface area contributed by atoms with Crippen LogP contribution in [0.15, 0.2) is 82.6 Å². The summed E-state index contributed by atoms with van der Waals surface area (Å²) in [5, 5.41) is 5.92. The Morgan fingerprint density at radius 2 is 1.59 bits per heavy atom. The summed E-state index contributed by atoms with van der Waals surface area (Å²) >= 11 is 1.48. The molecule has 0 radical (unpaired) electrons. The third-order valence-corrected chi connectivity index (χ3v) is 7.33. The first-order chi connectivity index (χ1) is 18.0. The number of carbonyl (C=O) groups is 2. The van der Waals surface area contributed by atoms with Crippen molar-refractivity contribution in [3.63, 3.8) is 0 Å². The van der Waals surface area contributed by atoms with Gasteiger partial charge in [-0.3, -0.25) is 14.5 Å². The maximum atomic E-state index is 13.4. The molecule has 0 bridgehead atoms. The number of hydrogen-bond acceptors (Lipinski definition) is 6. The molecule has 3 aromatic carbocycles. The van der Waals surface area contributed by atoms with Crippen molar-refractivity contribution in [3.05, 3.63) is 89.7 Å². The number of fused-ring (bicyclic) bond motifs is 1. The highest BCUT2D eigenvalue weighted by atomic mass is 32.2. The average Bonchev–Trinajstić information content (AvgIpc) is 3.32. The van der Waals surface area contributed by atoms with Gasteiger partial charge in [0.1, 0.15) is 5.82 Å². The van der Waals surface area contributed by atoms with Gasteiger partial charge in [0, 0.05) is 48.9 Å². The minimum atomic E-state index is -0.288. The fraction of sp³-hybridized carbons (Fsp3) is 0.310. The molecule has 6 nitrogen and oxygen atoms in total. The van der Waals surface area contributed by atoms with Crippen LogP contribution in [0, 0.1) is 5.82 Å². The minimum absolute atomic E-state index is 0.0750. The summed E-state index contributed by atoms with van der Waals surface area (Å²) in [5.41, 5.74) is 3.45. The van der Waals surface area contributed by atoms with Gasteiger partial charge in [-0.1, -0.05) is 48.2 Å². The van der Waals surface area contributed by atoms with Crippen LogP contribution in [0.1, 0.15) is 17.5 Å². The lowest BCUT2D eigenvalue weighted by atomic mass is 10.1. The molecule has 4 rings (SSSR count). The van der Waals surface area contributed by atoms with Crippen LogP contribution in [0.5, 0.6) is 0 Å². The van der Waals surface area contributed by atoms with E-state index in [2.05, 4.69) is 27.7 Å². The molecular formula is C29H33FN4O2S. The van der Waals surface area contributed by atoms with Crippen molar-refractivity contribution in [2.45, 2.75) is 29.3 Å². The van der Waals surface area contributed by atoms with Crippen LogP contribution in [0.3, 0.4) is 0 Å². The first-order valence-corrected chi connectivity index (χ1v) is 13.3. The Hall–Kier alpha value is -3.20. The SMILES string of the molecule is CNCCNC(=O)CN(CC(=O)CCN1Cc2ccccc2C1)c1ccccc1Sc1ccc(F)cc1. The molecule has 0 spiro atoms. The standard InChI is InChI=1S/C29H33FN4O2S/c1-31-15-16-32-29(36)21-34(20-25(35)14-17-33-18-22-6-2-3-7-23(22)19-33)27-8-4-5-9-28(27)37-26-12-10-24(30)11-13-26/h2-13,31H,14-21H2,1H3,(H,32,36). The second-order valence-corrected chi connectivity index (χ2v) is 10.2. The topological polar surface area (TPSA) is 64.7 Å². The Labute approximate surface area is 222 Å². The zero-order valence-electron chi connectivity index (χ0n) is 21.1. The van der Waals surface area contributed by atoms with Crippen molar-refractivity contribution in [2.24, 2.45) is 0 Å². The molecule has 1 aliphatic rings. The third-order valence-electron chi connectivity index (χ3n) is 6.26. The molecule has 1 amide bonds. The number of ketones is 1. The van der Waals surface area contributed by atoms with Crippen LogP contribution >= 0.6 is 11.8 Å². The van der Waals surface area contributed by atoms with Crippen LogP contribution < -0.4 is 15.5 Å². The van der Waals surface area contributed by atoms with E-state index in [4.69, 9.17) is 0 Å². The number of carbonyl (C=O) groups excluding carboxylic acids is 2. The van der Waals surface area contributed by atoms with E-state index >= 15 is 0 Å². The molecule has 0 unspecified atom stereocenters. The van der Waals surface area contributed by atoms with Crippen molar-refractivity contribution < 1.29 is 14.0 Å². The van der Waals surface area contributed by atoms with Crippen molar-refractivity contribution in [1.29, 1.82) is 0 Å². The van der Waals surface area contributed by atoms with Gasteiger partial charge in [-0.2, -0.15) is 0 Å². The lowest BCUT2D eigenvalue weighted by Gasteiger charge is -2.26. The van der Waals surface area contributed by atoms with E-state index in [1.54, 1.807) is 12.1 Å². The summed E-state index contributed by atoms with van der Waals surface area (Å²) in [6.45, 7) is 3.80. The van der Waals surface area contributed by atoms with E-state index < -0.39 is 0 Å². The van der Waals surface area contributed by atoms with Gasteiger partial charge in [0.2, 0.25) is 5.91 Å². The number of hydrogen-bond donors (Lipinski definition) is 2. The zero-order valence-corrected chi connectivity index (χ0v) is 21.9. The molecular weight excluding hydrogens is 487 g/mol. The van der Waals surface area contributed by atoms with Gasteiger partial charge >= 0.3 is 0 Å². The van der Waals surface area contributed by atoms with Gasteiger partial charge in [0.15, 0.2) is 5.78 Å². The number of rotatable bonds is 13. The fourth-order valence-electron chi connectivity index (χ4n) is 4.35. The number of halogens is 1. The number of benzene rings is 3. The van der Waals surface area contributed by atoms with Gasteiger partial charge in [-0.05, 0) is 54.6 Å². The first-order valence-electron chi connectivity index (χ1n) is 12.5. The predicted octanol–water partition coefficient (Wildman–Crippen LogP) is 4.09. The van der Waals surface area contributed by atoms with Crippen LogP contribution in [-0.2, 0) is 22.7 Å². The fourth-order valence-corrected chi connectivity index (χ4v) is 5.33. The molecule has 0 fully saturated rings. The molecule has 1 heterocycles. The first kappa shape index (κ1) is 26.9. The summed E-state index contributed by atoms with van der Waals surface area (Å²) in [7, 11) is 1.83. The van der Waals surface area contributed by atoms with Crippen LogP contribution in [-0.4, -0.2) is 56.4 Å². The molecule has 0 atom stereocenters.